The molecule has 0 aliphatic heterocycles. The molecule has 2 N–H and O–H groups in total. The third-order valence-electron chi connectivity index (χ3n) is 1.81. The second-order valence-electron chi connectivity index (χ2n) is 2.91. The summed E-state index contributed by atoms with van der Waals surface area (Å²) in [5, 5.41) is 0. The molecule has 0 spiro atoms. The number of rotatable bonds is 2. The van der Waals surface area contributed by atoms with Crippen molar-refractivity contribution < 1.29 is 9.53 Å². The molecule has 0 saturated heterocycles. The quantitative estimate of drug-likeness (QED) is 0.670. The van der Waals surface area contributed by atoms with E-state index < -0.39 is 11.5 Å². The minimum absolute atomic E-state index is 0.494. The van der Waals surface area contributed by atoms with E-state index in [4.69, 9.17) is 5.73 Å². The fourth-order valence-electron chi connectivity index (χ4n) is 0.987. The Bertz CT molecular complexity index is 296. The van der Waals surface area contributed by atoms with E-state index in [0.29, 0.717) is 5.69 Å². The Morgan fingerprint density at radius 1 is 1.62 bits per heavy atom. The van der Waals surface area contributed by atoms with Crippen LogP contribution in [0.15, 0.2) is 24.4 Å². The molecule has 0 bridgehead atoms. The number of hydrogen-bond acceptors (Lipinski definition) is 4. The summed E-state index contributed by atoms with van der Waals surface area (Å²) in [6.45, 7) is 1.57. The Hall–Kier alpha value is -1.42. The molecule has 4 nitrogen and oxygen atoms in total. The van der Waals surface area contributed by atoms with Crippen LogP contribution < -0.4 is 5.73 Å². The SMILES string of the molecule is COC(=O)C(C)(N)c1ccccn1. The van der Waals surface area contributed by atoms with E-state index in [1.807, 2.05) is 0 Å². The normalized spacial score (nSPS) is 14.7. The van der Waals surface area contributed by atoms with Crippen molar-refractivity contribution in [3.63, 3.8) is 0 Å². The van der Waals surface area contributed by atoms with Gasteiger partial charge in [-0.25, -0.2) is 4.79 Å². The Kier molecular flexibility index (Phi) is 2.63. The van der Waals surface area contributed by atoms with Crippen molar-refractivity contribution >= 4 is 5.97 Å². The van der Waals surface area contributed by atoms with E-state index >= 15 is 0 Å². The molecule has 0 radical (unpaired) electrons. The summed E-state index contributed by atoms with van der Waals surface area (Å²) in [7, 11) is 1.30. The molecular formula is C9H12N2O2. The number of pyridine rings is 1. The van der Waals surface area contributed by atoms with Crippen molar-refractivity contribution in [3.8, 4) is 0 Å². The molecule has 13 heavy (non-hydrogen) atoms. The Balaban J connectivity index is 3.00. The van der Waals surface area contributed by atoms with E-state index in [1.54, 1.807) is 31.3 Å². The van der Waals surface area contributed by atoms with Gasteiger partial charge in [0.1, 0.15) is 0 Å². The van der Waals surface area contributed by atoms with Crippen molar-refractivity contribution in [1.29, 1.82) is 0 Å². The molecule has 0 aliphatic carbocycles. The van der Waals surface area contributed by atoms with Gasteiger partial charge in [-0.3, -0.25) is 4.98 Å². The van der Waals surface area contributed by atoms with Gasteiger partial charge in [-0.05, 0) is 19.1 Å². The van der Waals surface area contributed by atoms with Gasteiger partial charge in [0.05, 0.1) is 12.8 Å². The van der Waals surface area contributed by atoms with E-state index in [2.05, 4.69) is 9.72 Å². The van der Waals surface area contributed by atoms with Gasteiger partial charge < -0.3 is 10.5 Å². The molecule has 1 unspecified atom stereocenters. The van der Waals surface area contributed by atoms with Crippen LogP contribution in [0.1, 0.15) is 12.6 Å². The van der Waals surface area contributed by atoms with Gasteiger partial charge in [0.15, 0.2) is 5.54 Å². The summed E-state index contributed by atoms with van der Waals surface area (Å²) in [5.41, 5.74) is 5.09. The monoisotopic (exact) mass is 180 g/mol. The fourth-order valence-corrected chi connectivity index (χ4v) is 0.987. The number of hydrogen-bond donors (Lipinski definition) is 1. The first-order valence-electron chi connectivity index (χ1n) is 3.88. The molecule has 1 rings (SSSR count). The Labute approximate surface area is 76.7 Å². The van der Waals surface area contributed by atoms with Gasteiger partial charge in [-0.1, -0.05) is 6.07 Å². The van der Waals surface area contributed by atoms with Crippen LogP contribution in [-0.2, 0) is 15.1 Å². The van der Waals surface area contributed by atoms with Crippen molar-refractivity contribution in [3.05, 3.63) is 30.1 Å². The summed E-state index contributed by atoms with van der Waals surface area (Å²) in [6.07, 6.45) is 1.59. The molecule has 4 heteroatoms. The fraction of sp³-hybridized carbons (Fsp3) is 0.333. The summed E-state index contributed by atoms with van der Waals surface area (Å²) < 4.78 is 4.57. The van der Waals surface area contributed by atoms with Crippen LogP contribution in [0.4, 0.5) is 0 Å². The van der Waals surface area contributed by atoms with E-state index in [9.17, 15) is 4.79 Å². The molecule has 0 aromatic carbocycles. The molecule has 1 atom stereocenters. The van der Waals surface area contributed by atoms with Crippen LogP contribution >= 0.6 is 0 Å². The third kappa shape index (κ3) is 1.84. The van der Waals surface area contributed by atoms with Crippen molar-refractivity contribution in [2.75, 3.05) is 7.11 Å². The number of carbonyl (C=O) groups excluding carboxylic acids is 1. The Morgan fingerprint density at radius 2 is 2.31 bits per heavy atom. The number of methoxy groups -OCH3 is 1. The zero-order valence-corrected chi connectivity index (χ0v) is 7.65. The lowest BCUT2D eigenvalue weighted by Gasteiger charge is -2.20. The van der Waals surface area contributed by atoms with Crippen molar-refractivity contribution in [2.45, 2.75) is 12.5 Å². The molecule has 0 amide bonds. The van der Waals surface area contributed by atoms with Crippen LogP contribution in [0, 0.1) is 0 Å². The number of esters is 1. The highest BCUT2D eigenvalue weighted by atomic mass is 16.5. The van der Waals surface area contributed by atoms with Crippen LogP contribution in [-0.4, -0.2) is 18.1 Å². The average molecular weight is 180 g/mol. The summed E-state index contributed by atoms with van der Waals surface area (Å²) in [5.74, 6) is -0.494. The number of carbonyl (C=O) groups is 1. The summed E-state index contributed by atoms with van der Waals surface area (Å²) in [4.78, 5) is 15.2. The maximum absolute atomic E-state index is 11.2. The largest absolute Gasteiger partial charge is 0.467 e. The second-order valence-corrected chi connectivity index (χ2v) is 2.91. The van der Waals surface area contributed by atoms with Gasteiger partial charge in [-0.2, -0.15) is 0 Å². The van der Waals surface area contributed by atoms with Crippen molar-refractivity contribution in [1.82, 2.24) is 4.98 Å². The minimum atomic E-state index is -1.17. The number of ether oxygens (including phenoxy) is 1. The van der Waals surface area contributed by atoms with E-state index in [-0.39, 0.29) is 0 Å². The lowest BCUT2D eigenvalue weighted by Crippen LogP contribution is -2.43. The van der Waals surface area contributed by atoms with Gasteiger partial charge in [0.2, 0.25) is 0 Å². The molecule has 0 saturated carbocycles. The Morgan fingerprint density at radius 3 is 2.77 bits per heavy atom. The lowest BCUT2D eigenvalue weighted by molar-refractivity contribution is -0.146. The molecule has 0 aliphatic rings. The predicted molar refractivity (Wildman–Crippen MR) is 47.8 cm³/mol. The minimum Gasteiger partial charge on any atom is -0.467 e. The van der Waals surface area contributed by atoms with Gasteiger partial charge >= 0.3 is 5.97 Å². The highest BCUT2D eigenvalue weighted by Gasteiger charge is 2.32. The molecular weight excluding hydrogens is 168 g/mol. The first-order chi connectivity index (χ1) is 6.09. The second kappa shape index (κ2) is 3.53. The third-order valence-corrected chi connectivity index (χ3v) is 1.81. The van der Waals surface area contributed by atoms with Gasteiger partial charge in [0.25, 0.3) is 0 Å². The molecule has 1 aromatic rings. The number of aromatic nitrogens is 1. The maximum atomic E-state index is 11.2. The molecule has 0 fully saturated rings. The predicted octanol–water partition coefficient (Wildman–Crippen LogP) is 0.428. The highest BCUT2D eigenvalue weighted by molar-refractivity contribution is 5.81. The zero-order chi connectivity index (χ0) is 9.90. The van der Waals surface area contributed by atoms with Crippen LogP contribution in [0.25, 0.3) is 0 Å². The first-order valence-corrected chi connectivity index (χ1v) is 3.88. The van der Waals surface area contributed by atoms with Crippen LogP contribution in [0.2, 0.25) is 0 Å². The molecule has 70 valence electrons. The van der Waals surface area contributed by atoms with Gasteiger partial charge in [0, 0.05) is 6.20 Å². The van der Waals surface area contributed by atoms with E-state index in [1.165, 1.54) is 7.11 Å². The summed E-state index contributed by atoms with van der Waals surface area (Å²) in [6, 6.07) is 5.23. The standard InChI is InChI=1S/C9H12N2O2/c1-9(10,8(12)13-2)7-5-3-4-6-11-7/h3-6H,10H2,1-2H3. The zero-order valence-electron chi connectivity index (χ0n) is 7.65. The topological polar surface area (TPSA) is 65.2 Å². The van der Waals surface area contributed by atoms with Crippen molar-refractivity contribution in [2.24, 2.45) is 5.73 Å². The van der Waals surface area contributed by atoms with Crippen LogP contribution in [0.5, 0.6) is 0 Å². The number of nitrogens with zero attached hydrogens (tertiary/aromatic N) is 1. The smallest absolute Gasteiger partial charge is 0.331 e. The maximum Gasteiger partial charge on any atom is 0.331 e. The van der Waals surface area contributed by atoms with Crippen LogP contribution in [0.3, 0.4) is 0 Å². The van der Waals surface area contributed by atoms with Gasteiger partial charge in [-0.15, -0.1) is 0 Å². The first kappa shape index (κ1) is 9.67. The average Bonchev–Trinajstić information content (AvgIpc) is 2.18. The summed E-state index contributed by atoms with van der Waals surface area (Å²) >= 11 is 0. The highest BCUT2D eigenvalue weighted by Crippen LogP contribution is 2.15. The van der Waals surface area contributed by atoms with E-state index in [0.717, 1.165) is 0 Å². The lowest BCUT2D eigenvalue weighted by atomic mass is 9.99. The number of nitrogens with two attached hydrogens (primary N) is 1. The molecule has 1 heterocycles. The molecule has 1 aromatic heterocycles.